The summed E-state index contributed by atoms with van der Waals surface area (Å²) in [6.45, 7) is 1.14. The van der Waals surface area contributed by atoms with Crippen molar-refractivity contribution in [1.82, 2.24) is 15.2 Å². The van der Waals surface area contributed by atoms with Gasteiger partial charge in [-0.15, -0.1) is 0 Å². The highest BCUT2D eigenvalue weighted by Gasteiger charge is 2.13. The molecule has 1 heterocycles. The first-order valence-corrected chi connectivity index (χ1v) is 9.39. The van der Waals surface area contributed by atoms with Gasteiger partial charge in [-0.25, -0.2) is 0 Å². The van der Waals surface area contributed by atoms with Crippen molar-refractivity contribution in [2.75, 3.05) is 20.3 Å². The summed E-state index contributed by atoms with van der Waals surface area (Å²) >= 11 is 5.49. The van der Waals surface area contributed by atoms with Crippen LogP contribution >= 0.6 is 12.2 Å². The Morgan fingerprint density at radius 2 is 2.00 bits per heavy atom. The monoisotopic (exact) mass is 397 g/mol. The molecule has 7 heteroatoms. The van der Waals surface area contributed by atoms with Crippen molar-refractivity contribution in [3.05, 3.63) is 76.1 Å². The number of ether oxygens (including phenoxy) is 1. The van der Waals surface area contributed by atoms with E-state index in [-0.39, 0.29) is 12.2 Å². The van der Waals surface area contributed by atoms with Gasteiger partial charge in [0.2, 0.25) is 0 Å². The van der Waals surface area contributed by atoms with Crippen LogP contribution in [0.5, 0.6) is 5.75 Å². The molecule has 0 saturated heterocycles. The van der Waals surface area contributed by atoms with Gasteiger partial charge >= 0.3 is 0 Å². The van der Waals surface area contributed by atoms with Gasteiger partial charge < -0.3 is 25.0 Å². The maximum Gasteiger partial charge on any atom is 0.253 e. The van der Waals surface area contributed by atoms with Gasteiger partial charge in [0.1, 0.15) is 5.75 Å². The summed E-state index contributed by atoms with van der Waals surface area (Å²) < 4.78 is 5.26. The number of thiocarbonyl (C=S) groups is 1. The molecular weight excluding hydrogens is 374 g/mol. The molecule has 0 atom stereocenters. The molecule has 3 rings (SSSR count). The number of hydrogen-bond acceptors (Lipinski definition) is 4. The minimum absolute atomic E-state index is 0.0630. The van der Waals surface area contributed by atoms with Crippen LogP contribution in [0.4, 0.5) is 0 Å². The minimum Gasteiger partial charge on any atom is -0.497 e. The van der Waals surface area contributed by atoms with Crippen LogP contribution in [0.25, 0.3) is 10.9 Å². The van der Waals surface area contributed by atoms with Crippen molar-refractivity contribution in [3.8, 4) is 5.75 Å². The summed E-state index contributed by atoms with van der Waals surface area (Å²) in [7, 11) is 1.60. The fourth-order valence-electron chi connectivity index (χ4n) is 2.94. The average Bonchev–Trinajstić information content (AvgIpc) is 2.72. The molecule has 1 aromatic heterocycles. The summed E-state index contributed by atoms with van der Waals surface area (Å²) in [5, 5.41) is 14.0. The molecule has 0 bridgehead atoms. The molecule has 3 aromatic rings. The maximum absolute atomic E-state index is 12.5. The largest absolute Gasteiger partial charge is 0.497 e. The summed E-state index contributed by atoms with van der Waals surface area (Å²) in [4.78, 5) is 17.2. The second-order valence-corrected chi connectivity index (χ2v) is 6.75. The highest BCUT2D eigenvalue weighted by molar-refractivity contribution is 7.80. The Kier molecular flexibility index (Phi) is 6.62. The van der Waals surface area contributed by atoms with E-state index < -0.39 is 0 Å². The lowest BCUT2D eigenvalue weighted by Crippen LogP contribution is -2.41. The van der Waals surface area contributed by atoms with Crippen molar-refractivity contribution in [2.24, 2.45) is 0 Å². The van der Waals surface area contributed by atoms with Crippen molar-refractivity contribution >= 4 is 28.2 Å². The van der Waals surface area contributed by atoms with Crippen molar-refractivity contribution in [3.63, 3.8) is 0 Å². The quantitative estimate of drug-likeness (QED) is 0.532. The standard InChI is InChI=1S/C21H23N3O3S/c1-27-18-7-8-19-16(12-18)11-17(20(26)23-19)14-24(9-10-25)21(28)22-13-15-5-3-2-4-6-15/h2-8,11-12,25H,9-10,13-14H2,1H3,(H,22,28)(H,23,26). The third-order valence-electron chi connectivity index (χ3n) is 4.43. The first-order valence-electron chi connectivity index (χ1n) is 8.98. The molecule has 0 aliphatic rings. The number of pyridine rings is 1. The molecule has 0 fully saturated rings. The fourth-order valence-corrected chi connectivity index (χ4v) is 3.17. The van der Waals surface area contributed by atoms with Crippen LogP contribution in [0.2, 0.25) is 0 Å². The number of aliphatic hydroxyl groups excluding tert-OH is 1. The maximum atomic E-state index is 12.5. The number of hydrogen-bond donors (Lipinski definition) is 3. The predicted octanol–water partition coefficient (Wildman–Crippen LogP) is 2.41. The minimum atomic E-state index is -0.175. The summed E-state index contributed by atoms with van der Waals surface area (Å²) in [5.41, 5.74) is 2.24. The SMILES string of the molecule is COc1ccc2[nH]c(=O)c(CN(CCO)C(=S)NCc3ccccc3)cc2c1. The lowest BCUT2D eigenvalue weighted by molar-refractivity contribution is 0.245. The lowest BCUT2D eigenvalue weighted by Gasteiger charge is -2.25. The van der Waals surface area contributed by atoms with Gasteiger partial charge in [-0.05, 0) is 42.0 Å². The first-order chi connectivity index (χ1) is 13.6. The second-order valence-electron chi connectivity index (χ2n) is 6.37. The molecule has 0 aliphatic heterocycles. The highest BCUT2D eigenvalue weighted by atomic mass is 32.1. The van der Waals surface area contributed by atoms with E-state index in [4.69, 9.17) is 17.0 Å². The van der Waals surface area contributed by atoms with E-state index in [1.807, 2.05) is 48.5 Å². The van der Waals surface area contributed by atoms with Gasteiger partial charge in [-0.1, -0.05) is 30.3 Å². The normalized spacial score (nSPS) is 10.6. The van der Waals surface area contributed by atoms with E-state index in [2.05, 4.69) is 10.3 Å². The Hall–Kier alpha value is -2.90. The molecule has 0 amide bonds. The molecular formula is C21H23N3O3S. The number of benzene rings is 2. The Morgan fingerprint density at radius 1 is 1.21 bits per heavy atom. The zero-order valence-corrected chi connectivity index (χ0v) is 16.5. The third kappa shape index (κ3) is 4.88. The number of methoxy groups -OCH3 is 1. The lowest BCUT2D eigenvalue weighted by atomic mass is 10.1. The zero-order valence-electron chi connectivity index (χ0n) is 15.6. The molecule has 0 aliphatic carbocycles. The number of aromatic nitrogens is 1. The molecule has 6 nitrogen and oxygen atoms in total. The number of fused-ring (bicyclic) bond motifs is 1. The van der Waals surface area contributed by atoms with Gasteiger partial charge in [0, 0.05) is 29.6 Å². The molecule has 0 radical (unpaired) electrons. The number of rotatable bonds is 7. The van der Waals surface area contributed by atoms with Crippen LogP contribution in [0.15, 0.2) is 59.4 Å². The molecule has 3 N–H and O–H groups in total. The average molecular weight is 398 g/mol. The van der Waals surface area contributed by atoms with Crippen molar-refractivity contribution in [2.45, 2.75) is 13.1 Å². The van der Waals surface area contributed by atoms with Gasteiger partial charge in [-0.3, -0.25) is 4.79 Å². The van der Waals surface area contributed by atoms with Crippen molar-refractivity contribution in [1.29, 1.82) is 0 Å². The van der Waals surface area contributed by atoms with E-state index in [0.29, 0.717) is 30.3 Å². The van der Waals surface area contributed by atoms with E-state index in [1.54, 1.807) is 18.1 Å². The summed E-state index contributed by atoms with van der Waals surface area (Å²) in [6, 6.07) is 17.2. The number of H-pyrrole nitrogens is 1. The Labute approximate surface area is 168 Å². The number of nitrogens with zero attached hydrogens (tertiary/aromatic N) is 1. The van der Waals surface area contributed by atoms with Gasteiger partial charge in [0.15, 0.2) is 5.11 Å². The van der Waals surface area contributed by atoms with E-state index in [1.165, 1.54) is 0 Å². The zero-order chi connectivity index (χ0) is 19.9. The van der Waals surface area contributed by atoms with E-state index >= 15 is 0 Å². The fraction of sp³-hybridized carbons (Fsp3) is 0.238. The molecule has 146 valence electrons. The molecule has 2 aromatic carbocycles. The third-order valence-corrected chi connectivity index (χ3v) is 4.84. The Bertz CT molecular complexity index is 1000. The summed E-state index contributed by atoms with van der Waals surface area (Å²) in [5.74, 6) is 0.720. The highest BCUT2D eigenvalue weighted by Crippen LogP contribution is 2.19. The Balaban J connectivity index is 1.78. The Morgan fingerprint density at radius 3 is 2.71 bits per heavy atom. The molecule has 28 heavy (non-hydrogen) atoms. The molecule has 0 saturated carbocycles. The van der Waals surface area contributed by atoms with E-state index in [0.717, 1.165) is 22.2 Å². The van der Waals surface area contributed by atoms with Gasteiger partial charge in [0.25, 0.3) is 5.56 Å². The number of nitrogens with one attached hydrogen (secondary N) is 2. The van der Waals surface area contributed by atoms with Crippen LogP contribution < -0.4 is 15.6 Å². The molecule has 0 unspecified atom stereocenters. The summed E-state index contributed by atoms with van der Waals surface area (Å²) in [6.07, 6.45) is 0. The number of aromatic amines is 1. The van der Waals surface area contributed by atoms with Crippen LogP contribution in [0.1, 0.15) is 11.1 Å². The van der Waals surface area contributed by atoms with Gasteiger partial charge in [-0.2, -0.15) is 0 Å². The van der Waals surface area contributed by atoms with Crippen LogP contribution in [-0.2, 0) is 13.1 Å². The van der Waals surface area contributed by atoms with Crippen LogP contribution in [0, 0.1) is 0 Å². The topological polar surface area (TPSA) is 77.6 Å². The van der Waals surface area contributed by atoms with Crippen molar-refractivity contribution < 1.29 is 9.84 Å². The van der Waals surface area contributed by atoms with Crippen LogP contribution in [-0.4, -0.2) is 40.4 Å². The predicted molar refractivity (Wildman–Crippen MR) is 114 cm³/mol. The van der Waals surface area contributed by atoms with Gasteiger partial charge in [0.05, 0.1) is 20.3 Å². The van der Waals surface area contributed by atoms with Crippen LogP contribution in [0.3, 0.4) is 0 Å². The first kappa shape index (κ1) is 19.9. The van der Waals surface area contributed by atoms with E-state index in [9.17, 15) is 9.90 Å². The number of aliphatic hydroxyl groups is 1. The molecule has 0 spiro atoms. The second kappa shape index (κ2) is 9.34. The smallest absolute Gasteiger partial charge is 0.253 e.